The quantitative estimate of drug-likeness (QED) is 0.776. The molecule has 0 atom stereocenters. The number of benzene rings is 2. The third kappa shape index (κ3) is 6.36. The van der Waals surface area contributed by atoms with Crippen LogP contribution < -0.4 is 5.32 Å². The van der Waals surface area contributed by atoms with Crippen LogP contribution in [0.5, 0.6) is 0 Å². The molecule has 0 unspecified atom stereocenters. The van der Waals surface area contributed by atoms with E-state index in [0.717, 1.165) is 15.7 Å². The summed E-state index contributed by atoms with van der Waals surface area (Å²) in [5.74, 6) is -0.135. The molecule has 4 heteroatoms. The SMILES string of the molecule is CF.Cc1cccc(/C=C/C(=O)Nc2ccc(Br)cc2)c1. The van der Waals surface area contributed by atoms with Crippen LogP contribution in [0.15, 0.2) is 59.1 Å². The molecule has 0 saturated carbocycles. The van der Waals surface area contributed by atoms with E-state index >= 15 is 0 Å². The summed E-state index contributed by atoms with van der Waals surface area (Å²) in [5.41, 5.74) is 2.98. The minimum atomic E-state index is -0.135. The zero-order valence-corrected chi connectivity index (χ0v) is 13.5. The summed E-state index contributed by atoms with van der Waals surface area (Å²) < 4.78 is 10.5. The summed E-state index contributed by atoms with van der Waals surface area (Å²) in [7, 11) is 0.500. The number of alkyl halides is 1. The number of hydrogen-bond acceptors (Lipinski definition) is 1. The standard InChI is InChI=1S/C16H14BrNO.CH3F/c1-12-3-2-4-13(11-12)5-10-16(19)18-15-8-6-14(17)7-9-15;1-2/h2-11H,1H3,(H,18,19);1H3/b10-5+;. The third-order valence-electron chi connectivity index (χ3n) is 2.58. The van der Waals surface area contributed by atoms with E-state index in [1.54, 1.807) is 6.08 Å². The van der Waals surface area contributed by atoms with Crippen LogP contribution in [0.3, 0.4) is 0 Å². The molecule has 2 aromatic carbocycles. The lowest BCUT2D eigenvalue weighted by molar-refractivity contribution is -0.111. The molecule has 21 heavy (non-hydrogen) atoms. The van der Waals surface area contributed by atoms with Crippen LogP contribution in [0.1, 0.15) is 11.1 Å². The number of amides is 1. The van der Waals surface area contributed by atoms with Crippen molar-refractivity contribution in [2.24, 2.45) is 0 Å². The maximum atomic E-state index is 11.7. The van der Waals surface area contributed by atoms with E-state index in [4.69, 9.17) is 0 Å². The lowest BCUT2D eigenvalue weighted by Crippen LogP contribution is -2.07. The van der Waals surface area contributed by atoms with Crippen molar-refractivity contribution < 1.29 is 9.18 Å². The largest absolute Gasteiger partial charge is 0.323 e. The van der Waals surface area contributed by atoms with Gasteiger partial charge in [-0.1, -0.05) is 45.8 Å². The molecular formula is C17H17BrFNO. The summed E-state index contributed by atoms with van der Waals surface area (Å²) in [4.78, 5) is 11.7. The Morgan fingerprint density at radius 2 is 1.81 bits per heavy atom. The van der Waals surface area contributed by atoms with Crippen molar-refractivity contribution in [3.63, 3.8) is 0 Å². The molecule has 0 spiro atoms. The van der Waals surface area contributed by atoms with E-state index in [-0.39, 0.29) is 5.91 Å². The van der Waals surface area contributed by atoms with Crippen molar-refractivity contribution in [3.8, 4) is 0 Å². The molecule has 0 aromatic heterocycles. The number of carbonyl (C=O) groups is 1. The van der Waals surface area contributed by atoms with Gasteiger partial charge in [0, 0.05) is 16.2 Å². The minimum Gasteiger partial charge on any atom is -0.323 e. The van der Waals surface area contributed by atoms with Crippen molar-refractivity contribution in [1.29, 1.82) is 0 Å². The number of aryl methyl sites for hydroxylation is 1. The number of nitrogens with one attached hydrogen (secondary N) is 1. The highest BCUT2D eigenvalue weighted by Crippen LogP contribution is 2.14. The van der Waals surface area contributed by atoms with E-state index in [1.807, 2.05) is 55.5 Å². The number of rotatable bonds is 3. The van der Waals surface area contributed by atoms with Gasteiger partial charge in [0.1, 0.15) is 0 Å². The van der Waals surface area contributed by atoms with Gasteiger partial charge >= 0.3 is 0 Å². The fraction of sp³-hybridized carbons (Fsp3) is 0.118. The van der Waals surface area contributed by atoms with Crippen LogP contribution in [-0.2, 0) is 4.79 Å². The average molecular weight is 350 g/mol. The van der Waals surface area contributed by atoms with Gasteiger partial charge in [-0.05, 0) is 42.8 Å². The molecule has 0 saturated heterocycles. The first-order valence-electron chi connectivity index (χ1n) is 6.32. The Kier molecular flexibility index (Phi) is 7.40. The highest BCUT2D eigenvalue weighted by atomic mass is 79.9. The lowest BCUT2D eigenvalue weighted by atomic mass is 10.1. The van der Waals surface area contributed by atoms with Crippen LogP contribution in [0.4, 0.5) is 10.1 Å². The van der Waals surface area contributed by atoms with E-state index < -0.39 is 0 Å². The number of anilines is 1. The third-order valence-corrected chi connectivity index (χ3v) is 3.11. The topological polar surface area (TPSA) is 29.1 Å². The fourth-order valence-electron chi connectivity index (χ4n) is 1.66. The van der Waals surface area contributed by atoms with E-state index in [0.29, 0.717) is 7.18 Å². The Labute approximate surface area is 132 Å². The second-order valence-corrected chi connectivity index (χ2v) is 5.16. The zero-order chi connectivity index (χ0) is 15.7. The Morgan fingerprint density at radius 3 is 2.43 bits per heavy atom. The molecule has 0 radical (unpaired) electrons. The van der Waals surface area contributed by atoms with E-state index in [9.17, 15) is 9.18 Å². The summed E-state index contributed by atoms with van der Waals surface area (Å²) in [6.07, 6.45) is 3.35. The number of halogens is 2. The van der Waals surface area contributed by atoms with E-state index in [2.05, 4.69) is 21.2 Å². The summed E-state index contributed by atoms with van der Waals surface area (Å²) in [6.45, 7) is 2.03. The van der Waals surface area contributed by atoms with Crippen molar-refractivity contribution in [2.45, 2.75) is 6.92 Å². The van der Waals surface area contributed by atoms with Crippen molar-refractivity contribution in [3.05, 3.63) is 70.2 Å². The molecule has 0 aliphatic heterocycles. The van der Waals surface area contributed by atoms with Crippen molar-refractivity contribution in [1.82, 2.24) is 0 Å². The van der Waals surface area contributed by atoms with Gasteiger partial charge in [-0.2, -0.15) is 0 Å². The minimum absolute atomic E-state index is 0.135. The lowest BCUT2D eigenvalue weighted by Gasteiger charge is -2.01. The maximum absolute atomic E-state index is 11.7. The molecule has 2 aromatic rings. The predicted octanol–water partition coefficient (Wildman–Crippen LogP) is 5.00. The zero-order valence-electron chi connectivity index (χ0n) is 11.9. The summed E-state index contributed by atoms with van der Waals surface area (Å²) >= 11 is 3.35. The van der Waals surface area contributed by atoms with Crippen LogP contribution >= 0.6 is 15.9 Å². The fourth-order valence-corrected chi connectivity index (χ4v) is 1.93. The molecule has 110 valence electrons. The van der Waals surface area contributed by atoms with Crippen LogP contribution in [0, 0.1) is 6.92 Å². The van der Waals surface area contributed by atoms with Crippen LogP contribution in [-0.4, -0.2) is 13.1 Å². The number of hydrogen-bond donors (Lipinski definition) is 1. The Balaban J connectivity index is 0.00000106. The monoisotopic (exact) mass is 349 g/mol. The first-order chi connectivity index (χ1) is 10.1. The van der Waals surface area contributed by atoms with Gasteiger partial charge in [0.15, 0.2) is 0 Å². The average Bonchev–Trinajstić information content (AvgIpc) is 2.50. The normalized spacial score (nSPS) is 9.90. The molecule has 0 aliphatic rings. The highest BCUT2D eigenvalue weighted by molar-refractivity contribution is 9.10. The first kappa shape index (κ1) is 17.1. The molecule has 0 fully saturated rings. The second kappa shape index (κ2) is 9.08. The Bertz CT molecular complexity index is 608. The van der Waals surface area contributed by atoms with Gasteiger partial charge in [0.05, 0.1) is 7.18 Å². The smallest absolute Gasteiger partial charge is 0.248 e. The summed E-state index contributed by atoms with van der Waals surface area (Å²) in [6, 6.07) is 15.5. The molecule has 2 nitrogen and oxygen atoms in total. The van der Waals surface area contributed by atoms with Gasteiger partial charge < -0.3 is 5.32 Å². The molecule has 0 bridgehead atoms. The maximum Gasteiger partial charge on any atom is 0.248 e. The number of carbonyl (C=O) groups excluding carboxylic acids is 1. The molecule has 2 rings (SSSR count). The van der Waals surface area contributed by atoms with Gasteiger partial charge in [-0.15, -0.1) is 0 Å². The van der Waals surface area contributed by atoms with Crippen LogP contribution in [0.25, 0.3) is 6.08 Å². The van der Waals surface area contributed by atoms with Crippen LogP contribution in [0.2, 0.25) is 0 Å². The second-order valence-electron chi connectivity index (χ2n) is 4.24. The van der Waals surface area contributed by atoms with Crippen molar-refractivity contribution in [2.75, 3.05) is 12.5 Å². The molecule has 0 heterocycles. The summed E-state index contributed by atoms with van der Waals surface area (Å²) in [5, 5.41) is 2.81. The molecule has 0 aliphatic carbocycles. The highest BCUT2D eigenvalue weighted by Gasteiger charge is 1.97. The first-order valence-corrected chi connectivity index (χ1v) is 7.12. The molecule has 1 N–H and O–H groups in total. The van der Waals surface area contributed by atoms with Gasteiger partial charge in [-0.3, -0.25) is 9.18 Å². The molecule has 1 amide bonds. The van der Waals surface area contributed by atoms with E-state index in [1.165, 1.54) is 11.6 Å². The van der Waals surface area contributed by atoms with Gasteiger partial charge in [0.25, 0.3) is 0 Å². The Morgan fingerprint density at radius 1 is 1.14 bits per heavy atom. The van der Waals surface area contributed by atoms with Gasteiger partial charge in [0.2, 0.25) is 5.91 Å². The van der Waals surface area contributed by atoms with Gasteiger partial charge in [-0.25, -0.2) is 0 Å². The van der Waals surface area contributed by atoms with Crippen molar-refractivity contribution >= 4 is 33.6 Å². The molecular weight excluding hydrogens is 333 g/mol. The Hall–Kier alpha value is -1.94. The predicted molar refractivity (Wildman–Crippen MR) is 90.0 cm³/mol.